The Morgan fingerprint density at radius 1 is 0.812 bits per heavy atom. The van der Waals surface area contributed by atoms with Gasteiger partial charge in [-0.1, -0.05) is 0 Å². The molecule has 16 heavy (non-hydrogen) atoms. The third-order valence-electron chi connectivity index (χ3n) is 3.03. The summed E-state index contributed by atoms with van der Waals surface area (Å²) in [7, 11) is 0. The number of fused-ring (bicyclic) bond motifs is 2. The summed E-state index contributed by atoms with van der Waals surface area (Å²) < 4.78 is 10.9. The molecule has 4 nitrogen and oxygen atoms in total. The molecule has 0 aliphatic carbocycles. The Balaban J connectivity index is 2.41. The Hall–Kier alpha value is -2.20. The van der Waals surface area contributed by atoms with Gasteiger partial charge in [-0.05, 0) is 0 Å². The van der Waals surface area contributed by atoms with Gasteiger partial charge in [0.15, 0.2) is 0 Å². The van der Waals surface area contributed by atoms with Gasteiger partial charge in [0.2, 0.25) is 0 Å². The van der Waals surface area contributed by atoms with Crippen molar-refractivity contribution in [2.75, 3.05) is 13.2 Å². The van der Waals surface area contributed by atoms with E-state index in [1.165, 1.54) is 0 Å². The SMILES string of the molecule is N#Cc1c2c(c(C#N)c3c1OCC3)OCC2. The molecule has 2 heterocycles. The van der Waals surface area contributed by atoms with E-state index >= 15 is 0 Å². The van der Waals surface area contributed by atoms with E-state index < -0.39 is 0 Å². The van der Waals surface area contributed by atoms with Crippen LogP contribution in [-0.2, 0) is 12.8 Å². The molecule has 0 saturated carbocycles. The van der Waals surface area contributed by atoms with Crippen LogP contribution in [0.4, 0.5) is 0 Å². The summed E-state index contributed by atoms with van der Waals surface area (Å²) in [5.74, 6) is 1.20. The lowest BCUT2D eigenvalue weighted by molar-refractivity contribution is 0.355. The van der Waals surface area contributed by atoms with E-state index in [0.29, 0.717) is 48.7 Å². The summed E-state index contributed by atoms with van der Waals surface area (Å²) in [6.07, 6.45) is 1.37. The van der Waals surface area contributed by atoms with Crippen molar-refractivity contribution >= 4 is 0 Å². The monoisotopic (exact) mass is 212 g/mol. The molecule has 0 spiro atoms. The summed E-state index contributed by atoms with van der Waals surface area (Å²) in [4.78, 5) is 0. The summed E-state index contributed by atoms with van der Waals surface area (Å²) in [6, 6.07) is 4.33. The van der Waals surface area contributed by atoms with E-state index in [9.17, 15) is 0 Å². The van der Waals surface area contributed by atoms with Crippen LogP contribution in [0.3, 0.4) is 0 Å². The van der Waals surface area contributed by atoms with Crippen molar-refractivity contribution in [2.45, 2.75) is 12.8 Å². The van der Waals surface area contributed by atoms with Crippen LogP contribution in [0.25, 0.3) is 0 Å². The summed E-state index contributed by atoms with van der Waals surface area (Å²) in [6.45, 7) is 1.09. The standard InChI is InChI=1S/C12H8N2O2/c13-5-9-7-1-3-15-11(7)10(6-14)8-2-4-16-12(8)9/h1-4H2. The number of benzene rings is 1. The van der Waals surface area contributed by atoms with Crippen molar-refractivity contribution in [3.8, 4) is 23.6 Å². The molecule has 0 saturated heterocycles. The molecule has 0 bridgehead atoms. The molecule has 0 fully saturated rings. The first-order valence-corrected chi connectivity index (χ1v) is 5.14. The summed E-state index contributed by atoms with van der Waals surface area (Å²) >= 11 is 0. The third kappa shape index (κ3) is 0.963. The highest BCUT2D eigenvalue weighted by atomic mass is 16.5. The molecule has 1 aromatic rings. The van der Waals surface area contributed by atoms with E-state index in [4.69, 9.17) is 20.0 Å². The van der Waals surface area contributed by atoms with Crippen LogP contribution in [0.15, 0.2) is 0 Å². The number of ether oxygens (including phenoxy) is 2. The molecule has 0 atom stereocenters. The molecule has 0 aromatic heterocycles. The average molecular weight is 212 g/mol. The first kappa shape index (κ1) is 9.06. The number of nitrogens with zero attached hydrogens (tertiary/aromatic N) is 2. The quantitative estimate of drug-likeness (QED) is 0.650. The second-order valence-corrected chi connectivity index (χ2v) is 3.79. The molecular formula is C12H8N2O2. The van der Waals surface area contributed by atoms with Gasteiger partial charge in [-0.25, -0.2) is 0 Å². The zero-order valence-corrected chi connectivity index (χ0v) is 8.54. The lowest BCUT2D eigenvalue weighted by Gasteiger charge is -2.09. The maximum absolute atomic E-state index is 9.16. The highest BCUT2D eigenvalue weighted by molar-refractivity contribution is 5.68. The molecule has 0 radical (unpaired) electrons. The maximum Gasteiger partial charge on any atom is 0.142 e. The van der Waals surface area contributed by atoms with E-state index in [2.05, 4.69) is 12.1 Å². The molecule has 2 aliphatic rings. The lowest BCUT2D eigenvalue weighted by Crippen LogP contribution is -1.95. The first-order chi connectivity index (χ1) is 7.86. The minimum atomic E-state index is 0.543. The Labute approximate surface area is 92.6 Å². The van der Waals surface area contributed by atoms with Crippen molar-refractivity contribution < 1.29 is 9.47 Å². The molecule has 2 aliphatic heterocycles. The second-order valence-electron chi connectivity index (χ2n) is 3.79. The van der Waals surface area contributed by atoms with Crippen molar-refractivity contribution in [3.63, 3.8) is 0 Å². The Morgan fingerprint density at radius 3 is 1.62 bits per heavy atom. The second kappa shape index (κ2) is 3.15. The van der Waals surface area contributed by atoms with E-state index in [0.717, 1.165) is 11.1 Å². The number of nitriles is 2. The van der Waals surface area contributed by atoms with E-state index in [1.807, 2.05) is 0 Å². The van der Waals surface area contributed by atoms with Crippen LogP contribution in [-0.4, -0.2) is 13.2 Å². The fourth-order valence-corrected chi connectivity index (χ4v) is 2.35. The summed E-state index contributed by atoms with van der Waals surface area (Å²) in [5.41, 5.74) is 2.78. The van der Waals surface area contributed by atoms with Gasteiger partial charge >= 0.3 is 0 Å². The van der Waals surface area contributed by atoms with Crippen LogP contribution < -0.4 is 9.47 Å². The van der Waals surface area contributed by atoms with E-state index in [1.54, 1.807) is 0 Å². The van der Waals surface area contributed by atoms with Crippen LogP contribution in [0.1, 0.15) is 22.3 Å². The zero-order valence-electron chi connectivity index (χ0n) is 8.54. The fourth-order valence-electron chi connectivity index (χ4n) is 2.35. The van der Waals surface area contributed by atoms with Gasteiger partial charge in [-0.2, -0.15) is 10.5 Å². The number of hydrogen-bond donors (Lipinski definition) is 0. The van der Waals surface area contributed by atoms with Gasteiger partial charge in [0, 0.05) is 24.0 Å². The molecule has 0 amide bonds. The minimum Gasteiger partial charge on any atom is -0.491 e. The van der Waals surface area contributed by atoms with Crippen molar-refractivity contribution in [1.82, 2.24) is 0 Å². The highest BCUT2D eigenvalue weighted by Gasteiger charge is 2.31. The van der Waals surface area contributed by atoms with E-state index in [-0.39, 0.29) is 0 Å². The average Bonchev–Trinajstić information content (AvgIpc) is 2.93. The summed E-state index contributed by atoms with van der Waals surface area (Å²) in [5, 5.41) is 18.3. The maximum atomic E-state index is 9.16. The van der Waals surface area contributed by atoms with Crippen LogP contribution >= 0.6 is 0 Å². The van der Waals surface area contributed by atoms with Gasteiger partial charge in [-0.3, -0.25) is 0 Å². The normalized spacial score (nSPS) is 15.4. The predicted molar refractivity (Wildman–Crippen MR) is 54.3 cm³/mol. The molecule has 1 aromatic carbocycles. The minimum absolute atomic E-state index is 0.543. The van der Waals surface area contributed by atoms with Crippen molar-refractivity contribution in [1.29, 1.82) is 10.5 Å². The van der Waals surface area contributed by atoms with Crippen LogP contribution in [0.5, 0.6) is 11.5 Å². The van der Waals surface area contributed by atoms with Crippen LogP contribution in [0, 0.1) is 22.7 Å². The Kier molecular flexibility index (Phi) is 1.78. The van der Waals surface area contributed by atoms with Gasteiger partial charge in [-0.15, -0.1) is 0 Å². The van der Waals surface area contributed by atoms with Crippen LogP contribution in [0.2, 0.25) is 0 Å². The first-order valence-electron chi connectivity index (χ1n) is 5.14. The largest absolute Gasteiger partial charge is 0.491 e. The highest BCUT2D eigenvalue weighted by Crippen LogP contribution is 2.43. The van der Waals surface area contributed by atoms with Gasteiger partial charge < -0.3 is 9.47 Å². The Morgan fingerprint density at radius 2 is 1.25 bits per heavy atom. The van der Waals surface area contributed by atoms with Gasteiger partial charge in [0.25, 0.3) is 0 Å². The third-order valence-corrected chi connectivity index (χ3v) is 3.03. The molecule has 78 valence electrons. The molecular weight excluding hydrogens is 204 g/mol. The smallest absolute Gasteiger partial charge is 0.142 e. The van der Waals surface area contributed by atoms with Gasteiger partial charge in [0.1, 0.15) is 34.8 Å². The van der Waals surface area contributed by atoms with Gasteiger partial charge in [0.05, 0.1) is 13.2 Å². The fraction of sp³-hybridized carbons (Fsp3) is 0.333. The number of hydrogen-bond acceptors (Lipinski definition) is 4. The molecule has 0 unspecified atom stereocenters. The van der Waals surface area contributed by atoms with Crippen molar-refractivity contribution in [3.05, 3.63) is 22.3 Å². The number of rotatable bonds is 0. The molecule has 4 heteroatoms. The molecule has 3 rings (SSSR count). The predicted octanol–water partition coefficient (Wildman–Crippen LogP) is 1.30. The topological polar surface area (TPSA) is 66.0 Å². The lowest BCUT2D eigenvalue weighted by atomic mass is 9.95. The van der Waals surface area contributed by atoms with Crippen molar-refractivity contribution in [2.24, 2.45) is 0 Å². The Bertz CT molecular complexity index is 480. The molecule has 0 N–H and O–H groups in total. The zero-order chi connectivity index (χ0) is 11.1.